The van der Waals surface area contributed by atoms with Gasteiger partial charge in [-0.05, 0) is 50.1 Å². The highest BCUT2D eigenvalue weighted by Crippen LogP contribution is 2.35. The summed E-state index contributed by atoms with van der Waals surface area (Å²) in [5, 5.41) is 3.41. The predicted octanol–water partition coefficient (Wildman–Crippen LogP) is 2.01. The molecule has 2 aliphatic rings. The fraction of sp³-hybridized carbons (Fsp3) is 0.667. The van der Waals surface area contributed by atoms with Crippen LogP contribution in [0.4, 0.5) is 0 Å². The molecule has 1 saturated carbocycles. The van der Waals surface area contributed by atoms with Gasteiger partial charge in [-0.25, -0.2) is 13.1 Å². The quantitative estimate of drug-likeness (QED) is 0.822. The van der Waals surface area contributed by atoms with Crippen LogP contribution < -0.4 is 10.0 Å². The van der Waals surface area contributed by atoms with E-state index in [1.807, 2.05) is 0 Å². The summed E-state index contributed by atoms with van der Waals surface area (Å²) >= 11 is 0. The summed E-state index contributed by atoms with van der Waals surface area (Å²) in [6, 6.07) is 10.6. The van der Waals surface area contributed by atoms with Crippen molar-refractivity contribution in [3.05, 3.63) is 35.9 Å². The molecule has 0 spiro atoms. The molecule has 0 amide bonds. The predicted molar refractivity (Wildman–Crippen MR) is 95.6 cm³/mol. The lowest BCUT2D eigenvalue weighted by atomic mass is 9.98. The Morgan fingerprint density at radius 2 is 2.00 bits per heavy atom. The lowest BCUT2D eigenvalue weighted by Gasteiger charge is -2.33. The van der Waals surface area contributed by atoms with Gasteiger partial charge in [-0.15, -0.1) is 0 Å². The largest absolute Gasteiger partial charge is 0.377 e. The van der Waals surface area contributed by atoms with Gasteiger partial charge in [-0.1, -0.05) is 30.3 Å². The van der Waals surface area contributed by atoms with Crippen molar-refractivity contribution in [2.75, 3.05) is 19.4 Å². The maximum absolute atomic E-state index is 11.5. The summed E-state index contributed by atoms with van der Waals surface area (Å²) < 4.78 is 31.9. The number of piperidine rings is 1. The molecule has 1 heterocycles. The monoisotopic (exact) mass is 352 g/mol. The zero-order chi connectivity index (χ0) is 17.0. The summed E-state index contributed by atoms with van der Waals surface area (Å²) in [7, 11) is -3.18. The van der Waals surface area contributed by atoms with Crippen molar-refractivity contribution in [3.8, 4) is 0 Å². The zero-order valence-corrected chi connectivity index (χ0v) is 15.1. The standard InChI is InChI=1S/C18H28N2O3S/c1-24(21,22)20-17-8-5-11-19-18(17)13-23-16-10-9-15(12-16)14-6-3-2-4-7-14/h2-4,6-7,15-20H,5,8-13H2,1H3/t15?,16-,17+,18+/m1/s1. The van der Waals surface area contributed by atoms with Crippen molar-refractivity contribution in [3.63, 3.8) is 0 Å². The van der Waals surface area contributed by atoms with Gasteiger partial charge in [0.05, 0.1) is 19.0 Å². The number of rotatable bonds is 6. The summed E-state index contributed by atoms with van der Waals surface area (Å²) in [6.07, 6.45) is 6.66. The average molecular weight is 353 g/mol. The summed E-state index contributed by atoms with van der Waals surface area (Å²) in [6.45, 7) is 1.49. The molecule has 6 heteroatoms. The molecule has 0 radical (unpaired) electrons. The SMILES string of the molecule is CS(=O)(=O)N[C@H]1CCCN[C@H]1CO[C@@H]1CCC(c2ccccc2)C1. The molecule has 0 aromatic heterocycles. The van der Waals surface area contributed by atoms with Gasteiger partial charge in [0.1, 0.15) is 0 Å². The van der Waals surface area contributed by atoms with Crippen LogP contribution in [0.5, 0.6) is 0 Å². The molecule has 1 aromatic rings. The van der Waals surface area contributed by atoms with E-state index in [1.165, 1.54) is 11.8 Å². The van der Waals surface area contributed by atoms with Crippen molar-refractivity contribution < 1.29 is 13.2 Å². The third-order valence-electron chi connectivity index (χ3n) is 5.12. The Kier molecular flexibility index (Phi) is 5.92. The Labute approximate surface area is 145 Å². The second-order valence-corrected chi connectivity index (χ2v) is 8.86. The highest BCUT2D eigenvalue weighted by Gasteiger charge is 2.30. The summed E-state index contributed by atoms with van der Waals surface area (Å²) in [5.41, 5.74) is 1.40. The van der Waals surface area contributed by atoms with Gasteiger partial charge in [-0.3, -0.25) is 0 Å². The first-order valence-electron chi connectivity index (χ1n) is 8.88. The molecule has 1 aliphatic heterocycles. The lowest BCUT2D eigenvalue weighted by Crippen LogP contribution is -2.55. The minimum Gasteiger partial charge on any atom is -0.377 e. The number of benzene rings is 1. The third-order valence-corrected chi connectivity index (χ3v) is 5.85. The first-order valence-corrected chi connectivity index (χ1v) is 10.8. The Balaban J connectivity index is 1.50. The van der Waals surface area contributed by atoms with Crippen molar-refractivity contribution >= 4 is 10.0 Å². The van der Waals surface area contributed by atoms with Gasteiger partial charge >= 0.3 is 0 Å². The first kappa shape index (κ1) is 17.9. The second-order valence-electron chi connectivity index (χ2n) is 7.08. The maximum Gasteiger partial charge on any atom is 0.209 e. The topological polar surface area (TPSA) is 67.4 Å². The molecule has 2 fully saturated rings. The van der Waals surface area contributed by atoms with E-state index in [1.54, 1.807) is 0 Å². The second kappa shape index (κ2) is 7.95. The van der Waals surface area contributed by atoms with Gasteiger partial charge in [0, 0.05) is 12.1 Å². The minimum atomic E-state index is -3.18. The van der Waals surface area contributed by atoms with Crippen LogP contribution in [0.25, 0.3) is 0 Å². The van der Waals surface area contributed by atoms with Crippen LogP contribution in [-0.2, 0) is 14.8 Å². The third kappa shape index (κ3) is 5.02. The fourth-order valence-electron chi connectivity index (χ4n) is 3.90. The molecule has 0 bridgehead atoms. The van der Waals surface area contributed by atoms with Gasteiger partial charge < -0.3 is 10.1 Å². The molecule has 3 rings (SSSR count). The van der Waals surface area contributed by atoms with Crippen LogP contribution in [0.3, 0.4) is 0 Å². The summed E-state index contributed by atoms with van der Waals surface area (Å²) in [5.74, 6) is 0.584. The van der Waals surface area contributed by atoms with E-state index >= 15 is 0 Å². The average Bonchev–Trinajstić information content (AvgIpc) is 3.02. The van der Waals surface area contributed by atoms with Crippen LogP contribution in [0.2, 0.25) is 0 Å². The van der Waals surface area contributed by atoms with E-state index in [0.29, 0.717) is 12.5 Å². The fourth-order valence-corrected chi connectivity index (χ4v) is 4.74. The molecule has 24 heavy (non-hydrogen) atoms. The van der Waals surface area contributed by atoms with Crippen LogP contribution in [0.1, 0.15) is 43.6 Å². The Morgan fingerprint density at radius 1 is 1.21 bits per heavy atom. The molecule has 1 aromatic carbocycles. The van der Waals surface area contributed by atoms with Crippen LogP contribution in [0, 0.1) is 0 Å². The van der Waals surface area contributed by atoms with Crippen LogP contribution in [-0.4, -0.2) is 46.0 Å². The number of sulfonamides is 1. The van der Waals surface area contributed by atoms with Gasteiger partial charge in [-0.2, -0.15) is 0 Å². The van der Waals surface area contributed by atoms with Crippen LogP contribution >= 0.6 is 0 Å². The minimum absolute atomic E-state index is 0.0595. The molecule has 134 valence electrons. The first-order chi connectivity index (χ1) is 11.5. The molecule has 1 unspecified atom stereocenters. The molecule has 2 N–H and O–H groups in total. The normalized spacial score (nSPS) is 31.2. The number of hydrogen-bond donors (Lipinski definition) is 2. The van der Waals surface area contributed by atoms with Crippen LogP contribution in [0.15, 0.2) is 30.3 Å². The van der Waals surface area contributed by atoms with E-state index < -0.39 is 10.0 Å². The van der Waals surface area contributed by atoms with E-state index in [-0.39, 0.29) is 18.2 Å². The summed E-state index contributed by atoms with van der Waals surface area (Å²) in [4.78, 5) is 0. The van der Waals surface area contributed by atoms with Gasteiger partial charge in [0.15, 0.2) is 0 Å². The van der Waals surface area contributed by atoms with E-state index in [9.17, 15) is 8.42 Å². The highest BCUT2D eigenvalue weighted by atomic mass is 32.2. The molecule has 1 aliphatic carbocycles. The number of nitrogens with one attached hydrogen (secondary N) is 2. The number of ether oxygens (including phenoxy) is 1. The van der Waals surface area contributed by atoms with Gasteiger partial charge in [0.25, 0.3) is 0 Å². The molecule has 4 atom stereocenters. The van der Waals surface area contributed by atoms with Crippen molar-refractivity contribution in [2.24, 2.45) is 0 Å². The van der Waals surface area contributed by atoms with Crippen molar-refractivity contribution in [1.29, 1.82) is 0 Å². The smallest absolute Gasteiger partial charge is 0.209 e. The van der Waals surface area contributed by atoms with E-state index in [2.05, 4.69) is 40.4 Å². The Morgan fingerprint density at radius 3 is 2.75 bits per heavy atom. The molecular formula is C18H28N2O3S. The van der Waals surface area contributed by atoms with E-state index in [4.69, 9.17) is 4.74 Å². The molecule has 1 saturated heterocycles. The lowest BCUT2D eigenvalue weighted by molar-refractivity contribution is 0.0321. The van der Waals surface area contributed by atoms with Crippen molar-refractivity contribution in [1.82, 2.24) is 10.0 Å². The molecule has 5 nitrogen and oxygen atoms in total. The Hall–Kier alpha value is -0.950. The van der Waals surface area contributed by atoms with Gasteiger partial charge in [0.2, 0.25) is 10.0 Å². The number of hydrogen-bond acceptors (Lipinski definition) is 4. The molecular weight excluding hydrogens is 324 g/mol. The highest BCUT2D eigenvalue weighted by molar-refractivity contribution is 7.88. The Bertz CT molecular complexity index is 620. The van der Waals surface area contributed by atoms with E-state index in [0.717, 1.165) is 38.6 Å². The van der Waals surface area contributed by atoms with Crippen molar-refractivity contribution in [2.45, 2.75) is 56.2 Å². The zero-order valence-electron chi connectivity index (χ0n) is 14.3. The maximum atomic E-state index is 11.5.